The molecular weight excluding hydrogens is 482 g/mol. The van der Waals surface area contributed by atoms with Gasteiger partial charge >= 0.3 is 0 Å². The van der Waals surface area contributed by atoms with E-state index >= 15 is 0 Å². The Bertz CT molecular complexity index is 1500. The lowest BCUT2D eigenvalue weighted by Gasteiger charge is -2.16. The van der Waals surface area contributed by atoms with E-state index in [2.05, 4.69) is 27.0 Å². The molecule has 6 heteroatoms. The lowest BCUT2D eigenvalue weighted by atomic mass is 10.1. The van der Waals surface area contributed by atoms with Crippen LogP contribution >= 0.6 is 11.6 Å². The number of benzene rings is 3. The van der Waals surface area contributed by atoms with Gasteiger partial charge in [-0.1, -0.05) is 48.0 Å². The Morgan fingerprint density at radius 2 is 1.70 bits per heavy atom. The Balaban J connectivity index is 1.39. The molecule has 0 aliphatic heterocycles. The van der Waals surface area contributed by atoms with Crippen LogP contribution in [-0.2, 0) is 13.2 Å². The molecule has 1 amide bonds. The van der Waals surface area contributed by atoms with Gasteiger partial charge in [0, 0.05) is 33.7 Å². The van der Waals surface area contributed by atoms with E-state index < -0.39 is 0 Å². The maximum atomic E-state index is 12.7. The molecule has 1 N–H and O–H groups in total. The number of hydrogen-bond acceptors (Lipinski definition) is 3. The molecule has 0 atom stereocenters. The Kier molecular flexibility index (Phi) is 7.33. The van der Waals surface area contributed by atoms with Crippen molar-refractivity contribution in [1.29, 1.82) is 0 Å². The first-order valence-electron chi connectivity index (χ1n) is 12.0. The van der Waals surface area contributed by atoms with Crippen LogP contribution < -0.4 is 10.1 Å². The first kappa shape index (κ1) is 24.3. The number of hydrogen-bond donors (Lipinski definition) is 1. The fraction of sp³-hybridized carbons (Fsp3) is 0.0968. The lowest BCUT2D eigenvalue weighted by Crippen LogP contribution is -2.23. The quantitative estimate of drug-likeness (QED) is 0.246. The number of carbonyl (C=O) groups excluding carboxylic acids is 1. The van der Waals surface area contributed by atoms with Crippen molar-refractivity contribution < 1.29 is 9.53 Å². The van der Waals surface area contributed by atoms with Crippen molar-refractivity contribution in [2.75, 3.05) is 0 Å². The highest BCUT2D eigenvalue weighted by Gasteiger charge is 2.16. The van der Waals surface area contributed by atoms with Crippen molar-refractivity contribution in [3.8, 4) is 22.7 Å². The van der Waals surface area contributed by atoms with Crippen LogP contribution in [0.3, 0.4) is 0 Å². The molecule has 0 fully saturated rings. The second-order valence-corrected chi connectivity index (χ2v) is 9.10. The van der Waals surface area contributed by atoms with Crippen molar-refractivity contribution in [2.24, 2.45) is 0 Å². The zero-order valence-electron chi connectivity index (χ0n) is 20.4. The number of rotatable bonds is 8. The van der Waals surface area contributed by atoms with Crippen molar-refractivity contribution >= 4 is 17.5 Å². The molecule has 3 aromatic carbocycles. The van der Waals surface area contributed by atoms with Gasteiger partial charge in [-0.3, -0.25) is 9.78 Å². The minimum Gasteiger partial charge on any atom is -0.488 e. The van der Waals surface area contributed by atoms with E-state index in [1.807, 2.05) is 97.9 Å². The molecule has 5 nitrogen and oxygen atoms in total. The van der Waals surface area contributed by atoms with Crippen LogP contribution in [0.25, 0.3) is 16.9 Å². The van der Waals surface area contributed by atoms with Crippen LogP contribution in [0.15, 0.2) is 109 Å². The Labute approximate surface area is 221 Å². The number of carbonyl (C=O) groups is 1. The maximum Gasteiger partial charge on any atom is 0.251 e. The number of ether oxygens (including phenoxy) is 1. The van der Waals surface area contributed by atoms with Gasteiger partial charge < -0.3 is 14.6 Å². The summed E-state index contributed by atoms with van der Waals surface area (Å²) < 4.78 is 8.35. The molecule has 0 bridgehead atoms. The maximum absolute atomic E-state index is 12.7. The summed E-state index contributed by atoms with van der Waals surface area (Å²) in [6, 6.07) is 33.0. The molecule has 184 valence electrons. The lowest BCUT2D eigenvalue weighted by molar-refractivity contribution is 0.0950. The molecule has 0 spiro atoms. The van der Waals surface area contributed by atoms with Gasteiger partial charge in [-0.2, -0.15) is 0 Å². The number of aromatic nitrogens is 2. The first-order chi connectivity index (χ1) is 18.1. The second-order valence-electron chi connectivity index (χ2n) is 8.66. The summed E-state index contributed by atoms with van der Waals surface area (Å²) in [6.07, 6.45) is 1.71. The largest absolute Gasteiger partial charge is 0.488 e. The molecule has 2 aromatic heterocycles. The normalized spacial score (nSPS) is 10.8. The molecule has 5 aromatic rings. The van der Waals surface area contributed by atoms with Crippen LogP contribution in [0.4, 0.5) is 0 Å². The number of nitrogens with zero attached hydrogens (tertiary/aromatic N) is 2. The van der Waals surface area contributed by atoms with Crippen molar-refractivity contribution in [2.45, 2.75) is 20.1 Å². The summed E-state index contributed by atoms with van der Waals surface area (Å²) in [5, 5.41) is 3.55. The van der Waals surface area contributed by atoms with Gasteiger partial charge in [-0.05, 0) is 79.2 Å². The number of pyridine rings is 1. The minimum absolute atomic E-state index is 0.145. The van der Waals surface area contributed by atoms with E-state index in [1.165, 1.54) is 0 Å². The zero-order chi connectivity index (χ0) is 25.6. The molecule has 0 aliphatic rings. The second kappa shape index (κ2) is 11.1. The third-order valence-electron chi connectivity index (χ3n) is 6.07. The Morgan fingerprint density at radius 1 is 0.919 bits per heavy atom. The predicted molar refractivity (Wildman–Crippen MR) is 147 cm³/mol. The van der Waals surface area contributed by atoms with Crippen LogP contribution in [0.1, 0.15) is 27.3 Å². The monoisotopic (exact) mass is 507 g/mol. The first-order valence-corrected chi connectivity index (χ1v) is 12.4. The van der Waals surface area contributed by atoms with Crippen molar-refractivity contribution in [3.05, 3.63) is 137 Å². The van der Waals surface area contributed by atoms with E-state index in [4.69, 9.17) is 16.3 Å². The molecular formula is C31H26ClN3O2. The number of amides is 1. The van der Waals surface area contributed by atoms with Crippen LogP contribution in [0, 0.1) is 6.92 Å². The van der Waals surface area contributed by atoms with E-state index in [1.54, 1.807) is 6.20 Å². The van der Waals surface area contributed by atoms with E-state index in [-0.39, 0.29) is 5.91 Å². The fourth-order valence-corrected chi connectivity index (χ4v) is 4.36. The highest BCUT2D eigenvalue weighted by molar-refractivity contribution is 6.31. The molecule has 2 heterocycles. The van der Waals surface area contributed by atoms with Gasteiger partial charge in [0.25, 0.3) is 5.91 Å². The van der Waals surface area contributed by atoms with Crippen LogP contribution in [0.2, 0.25) is 5.02 Å². The molecule has 0 saturated carbocycles. The van der Waals surface area contributed by atoms with Crippen LogP contribution in [0.5, 0.6) is 5.75 Å². The third kappa shape index (κ3) is 5.74. The standard InChI is InChI=1S/C31H26ClN3O2/c1-22-10-16-29(28-19-25(32)13-17-30(28)37-21-23-7-3-2-4-8-23)35(22)27-14-11-24(12-15-27)31(36)34-20-26-9-5-6-18-33-26/h2-19H,20-21H2,1H3,(H,34,36). The summed E-state index contributed by atoms with van der Waals surface area (Å²) in [4.78, 5) is 16.9. The Hall–Kier alpha value is -4.35. The van der Waals surface area contributed by atoms with Gasteiger partial charge in [-0.25, -0.2) is 0 Å². The number of halogens is 1. The molecule has 0 radical (unpaired) electrons. The highest BCUT2D eigenvalue weighted by atomic mass is 35.5. The highest BCUT2D eigenvalue weighted by Crippen LogP contribution is 2.36. The van der Waals surface area contributed by atoms with E-state index in [0.29, 0.717) is 23.7 Å². The average Bonchev–Trinajstić information content (AvgIpc) is 3.33. The van der Waals surface area contributed by atoms with E-state index in [0.717, 1.165) is 39.6 Å². The summed E-state index contributed by atoms with van der Waals surface area (Å²) in [6.45, 7) is 2.88. The van der Waals surface area contributed by atoms with Crippen molar-refractivity contribution in [1.82, 2.24) is 14.9 Å². The average molecular weight is 508 g/mol. The zero-order valence-corrected chi connectivity index (χ0v) is 21.2. The molecule has 37 heavy (non-hydrogen) atoms. The molecule has 0 saturated heterocycles. The smallest absolute Gasteiger partial charge is 0.251 e. The van der Waals surface area contributed by atoms with Gasteiger partial charge in [-0.15, -0.1) is 0 Å². The van der Waals surface area contributed by atoms with E-state index in [9.17, 15) is 4.79 Å². The molecule has 0 unspecified atom stereocenters. The number of nitrogens with one attached hydrogen (secondary N) is 1. The van der Waals surface area contributed by atoms with Gasteiger partial charge in [0.1, 0.15) is 12.4 Å². The predicted octanol–water partition coefficient (Wildman–Crippen LogP) is 7.01. The van der Waals surface area contributed by atoms with Gasteiger partial charge in [0.2, 0.25) is 0 Å². The molecule has 0 aliphatic carbocycles. The summed E-state index contributed by atoms with van der Waals surface area (Å²) in [5.74, 6) is 0.603. The molecule has 5 rings (SSSR count). The minimum atomic E-state index is -0.145. The van der Waals surface area contributed by atoms with Gasteiger partial charge in [0.15, 0.2) is 0 Å². The van der Waals surface area contributed by atoms with Crippen molar-refractivity contribution in [3.63, 3.8) is 0 Å². The van der Waals surface area contributed by atoms with Gasteiger partial charge in [0.05, 0.1) is 17.9 Å². The topological polar surface area (TPSA) is 56.1 Å². The summed E-state index contributed by atoms with van der Waals surface area (Å²) >= 11 is 6.40. The summed E-state index contributed by atoms with van der Waals surface area (Å²) in [5.41, 5.74) is 6.33. The Morgan fingerprint density at radius 3 is 2.46 bits per heavy atom. The summed E-state index contributed by atoms with van der Waals surface area (Å²) in [7, 11) is 0. The van der Waals surface area contributed by atoms with Crippen LogP contribution in [-0.4, -0.2) is 15.5 Å². The fourth-order valence-electron chi connectivity index (χ4n) is 4.19. The number of aryl methyl sites for hydroxylation is 1. The SMILES string of the molecule is Cc1ccc(-c2cc(Cl)ccc2OCc2ccccc2)n1-c1ccc(C(=O)NCc2ccccn2)cc1. The third-order valence-corrected chi connectivity index (χ3v) is 6.31.